The number of benzene rings is 2. The molecule has 0 spiro atoms. The molecule has 3 N–H and O–H groups in total. The SMILES string of the molecule is CCc1ccc([C@@H](CN)C(=O)Nc2ccc3cnccc3c2)cc1. The van der Waals surface area contributed by atoms with Crippen molar-refractivity contribution in [2.24, 2.45) is 5.73 Å². The predicted octanol–water partition coefficient (Wildman–Crippen LogP) is 3.48. The molecule has 0 radical (unpaired) electrons. The van der Waals surface area contributed by atoms with E-state index in [1.165, 1.54) is 5.56 Å². The second-order valence-electron chi connectivity index (χ2n) is 5.81. The Morgan fingerprint density at radius 3 is 2.62 bits per heavy atom. The Hall–Kier alpha value is -2.72. The molecule has 1 heterocycles. The fourth-order valence-electron chi connectivity index (χ4n) is 2.77. The third-order valence-electron chi connectivity index (χ3n) is 4.25. The van der Waals surface area contributed by atoms with E-state index in [4.69, 9.17) is 5.73 Å². The van der Waals surface area contributed by atoms with E-state index >= 15 is 0 Å². The van der Waals surface area contributed by atoms with E-state index in [9.17, 15) is 4.79 Å². The third-order valence-corrected chi connectivity index (χ3v) is 4.25. The van der Waals surface area contributed by atoms with Gasteiger partial charge in [0.05, 0.1) is 5.92 Å². The first kappa shape index (κ1) is 16.1. The van der Waals surface area contributed by atoms with E-state index in [1.807, 2.05) is 48.5 Å². The fraction of sp³-hybridized carbons (Fsp3) is 0.200. The van der Waals surface area contributed by atoms with Gasteiger partial charge < -0.3 is 11.1 Å². The summed E-state index contributed by atoms with van der Waals surface area (Å²) in [5.74, 6) is -0.445. The first-order valence-corrected chi connectivity index (χ1v) is 8.15. The molecule has 4 nitrogen and oxygen atoms in total. The van der Waals surface area contributed by atoms with Crippen molar-refractivity contribution >= 4 is 22.4 Å². The summed E-state index contributed by atoms with van der Waals surface area (Å²) < 4.78 is 0. The monoisotopic (exact) mass is 319 g/mol. The third kappa shape index (κ3) is 3.44. The molecule has 1 amide bonds. The number of anilines is 1. The van der Waals surface area contributed by atoms with Gasteiger partial charge in [-0.2, -0.15) is 0 Å². The first-order chi connectivity index (χ1) is 11.7. The Bertz CT molecular complexity index is 843. The van der Waals surface area contributed by atoms with Crippen LogP contribution in [0.1, 0.15) is 24.0 Å². The summed E-state index contributed by atoms with van der Waals surface area (Å²) in [6.45, 7) is 2.38. The van der Waals surface area contributed by atoms with Gasteiger partial charge in [-0.1, -0.05) is 37.3 Å². The Morgan fingerprint density at radius 1 is 1.12 bits per heavy atom. The van der Waals surface area contributed by atoms with Crippen LogP contribution in [0.2, 0.25) is 0 Å². The Kier molecular flexibility index (Phi) is 4.87. The van der Waals surface area contributed by atoms with Crippen LogP contribution in [-0.4, -0.2) is 17.4 Å². The van der Waals surface area contributed by atoms with Crippen LogP contribution in [0, 0.1) is 0 Å². The quantitative estimate of drug-likeness (QED) is 0.756. The number of carbonyl (C=O) groups excluding carboxylic acids is 1. The molecule has 1 aromatic heterocycles. The number of fused-ring (bicyclic) bond motifs is 1. The second kappa shape index (κ2) is 7.23. The molecule has 24 heavy (non-hydrogen) atoms. The minimum Gasteiger partial charge on any atom is -0.329 e. The van der Waals surface area contributed by atoms with Gasteiger partial charge in [0.15, 0.2) is 0 Å². The molecule has 0 unspecified atom stereocenters. The average molecular weight is 319 g/mol. The zero-order valence-electron chi connectivity index (χ0n) is 13.7. The minimum atomic E-state index is -0.357. The summed E-state index contributed by atoms with van der Waals surface area (Å²) in [6, 6.07) is 15.8. The highest BCUT2D eigenvalue weighted by Crippen LogP contribution is 2.21. The number of nitrogens with two attached hydrogens (primary N) is 1. The van der Waals surface area contributed by atoms with E-state index in [0.717, 1.165) is 28.4 Å². The summed E-state index contributed by atoms with van der Waals surface area (Å²) in [6.07, 6.45) is 4.52. The predicted molar refractivity (Wildman–Crippen MR) is 98.0 cm³/mol. The molecular formula is C20H21N3O. The van der Waals surface area contributed by atoms with Crippen LogP contribution >= 0.6 is 0 Å². The molecule has 0 fully saturated rings. The lowest BCUT2D eigenvalue weighted by Gasteiger charge is -2.16. The normalized spacial score (nSPS) is 12.1. The molecular weight excluding hydrogens is 298 g/mol. The fourth-order valence-corrected chi connectivity index (χ4v) is 2.77. The Balaban J connectivity index is 1.79. The number of aryl methyl sites for hydroxylation is 1. The number of carbonyl (C=O) groups is 1. The maximum atomic E-state index is 12.6. The lowest BCUT2D eigenvalue weighted by atomic mass is 9.96. The molecule has 0 bridgehead atoms. The lowest BCUT2D eigenvalue weighted by molar-refractivity contribution is -0.117. The van der Waals surface area contributed by atoms with E-state index in [1.54, 1.807) is 12.4 Å². The molecule has 1 atom stereocenters. The number of aromatic nitrogens is 1. The topological polar surface area (TPSA) is 68.0 Å². The molecule has 0 aliphatic heterocycles. The molecule has 0 saturated heterocycles. The number of hydrogen-bond acceptors (Lipinski definition) is 3. The molecule has 4 heteroatoms. The molecule has 0 aliphatic rings. The smallest absolute Gasteiger partial charge is 0.233 e. The average Bonchev–Trinajstić information content (AvgIpc) is 2.63. The van der Waals surface area contributed by atoms with E-state index in [-0.39, 0.29) is 18.4 Å². The molecule has 0 saturated carbocycles. The van der Waals surface area contributed by atoms with Crippen LogP contribution in [0.4, 0.5) is 5.69 Å². The summed E-state index contributed by atoms with van der Waals surface area (Å²) in [5.41, 5.74) is 8.81. The van der Waals surface area contributed by atoms with Crippen molar-refractivity contribution in [3.63, 3.8) is 0 Å². The lowest BCUT2D eigenvalue weighted by Crippen LogP contribution is -2.27. The largest absolute Gasteiger partial charge is 0.329 e. The van der Waals surface area contributed by atoms with E-state index in [0.29, 0.717) is 0 Å². The highest BCUT2D eigenvalue weighted by molar-refractivity contribution is 5.98. The van der Waals surface area contributed by atoms with Crippen molar-refractivity contribution in [1.29, 1.82) is 0 Å². The second-order valence-corrected chi connectivity index (χ2v) is 5.81. The van der Waals surface area contributed by atoms with Gasteiger partial charge in [-0.15, -0.1) is 0 Å². The van der Waals surface area contributed by atoms with Crippen molar-refractivity contribution in [3.8, 4) is 0 Å². The van der Waals surface area contributed by atoms with Gasteiger partial charge in [0.1, 0.15) is 0 Å². The molecule has 0 aliphatic carbocycles. The van der Waals surface area contributed by atoms with Crippen molar-refractivity contribution in [2.45, 2.75) is 19.3 Å². The maximum absolute atomic E-state index is 12.6. The number of pyridine rings is 1. The Morgan fingerprint density at radius 2 is 1.92 bits per heavy atom. The molecule has 2 aromatic carbocycles. The van der Waals surface area contributed by atoms with Gasteiger partial charge in [-0.25, -0.2) is 0 Å². The van der Waals surface area contributed by atoms with Gasteiger partial charge in [0.2, 0.25) is 5.91 Å². The summed E-state index contributed by atoms with van der Waals surface area (Å²) in [7, 11) is 0. The first-order valence-electron chi connectivity index (χ1n) is 8.15. The van der Waals surface area contributed by atoms with Gasteiger partial charge in [-0.3, -0.25) is 9.78 Å². The van der Waals surface area contributed by atoms with Gasteiger partial charge in [-0.05, 0) is 41.1 Å². The van der Waals surface area contributed by atoms with Gasteiger partial charge in [0.25, 0.3) is 0 Å². The number of hydrogen-bond donors (Lipinski definition) is 2. The van der Waals surface area contributed by atoms with Crippen LogP contribution in [0.15, 0.2) is 60.9 Å². The summed E-state index contributed by atoms with van der Waals surface area (Å²) in [4.78, 5) is 16.7. The zero-order valence-corrected chi connectivity index (χ0v) is 13.7. The maximum Gasteiger partial charge on any atom is 0.233 e. The number of nitrogens with zero attached hydrogens (tertiary/aromatic N) is 1. The van der Waals surface area contributed by atoms with Crippen LogP contribution in [0.3, 0.4) is 0 Å². The molecule has 122 valence electrons. The molecule has 3 rings (SSSR count). The van der Waals surface area contributed by atoms with Crippen LogP contribution < -0.4 is 11.1 Å². The standard InChI is InChI=1S/C20H21N3O/c1-2-14-3-5-15(6-4-14)19(12-21)20(24)23-18-8-7-17-13-22-10-9-16(17)11-18/h3-11,13,19H,2,12,21H2,1H3,(H,23,24)/t19-/m1/s1. The van der Waals surface area contributed by atoms with Crippen molar-refractivity contribution in [3.05, 3.63) is 72.1 Å². The van der Waals surface area contributed by atoms with Crippen LogP contribution in [0.5, 0.6) is 0 Å². The van der Waals surface area contributed by atoms with Crippen molar-refractivity contribution < 1.29 is 4.79 Å². The highest BCUT2D eigenvalue weighted by atomic mass is 16.1. The molecule has 3 aromatic rings. The number of nitrogens with one attached hydrogen (secondary N) is 1. The van der Waals surface area contributed by atoms with Gasteiger partial charge >= 0.3 is 0 Å². The van der Waals surface area contributed by atoms with Crippen molar-refractivity contribution in [1.82, 2.24) is 4.98 Å². The van der Waals surface area contributed by atoms with Crippen LogP contribution in [0.25, 0.3) is 10.8 Å². The minimum absolute atomic E-state index is 0.0878. The summed E-state index contributed by atoms with van der Waals surface area (Å²) in [5, 5.41) is 5.06. The number of rotatable bonds is 5. The van der Waals surface area contributed by atoms with Gasteiger partial charge in [0, 0.05) is 30.0 Å². The zero-order chi connectivity index (χ0) is 16.9. The van der Waals surface area contributed by atoms with Crippen LogP contribution in [-0.2, 0) is 11.2 Å². The van der Waals surface area contributed by atoms with Crippen molar-refractivity contribution in [2.75, 3.05) is 11.9 Å². The summed E-state index contributed by atoms with van der Waals surface area (Å²) >= 11 is 0. The van der Waals surface area contributed by atoms with E-state index in [2.05, 4.69) is 17.2 Å². The highest BCUT2D eigenvalue weighted by Gasteiger charge is 2.19. The Labute approximate surface area is 141 Å². The number of amides is 1. The van der Waals surface area contributed by atoms with E-state index < -0.39 is 0 Å².